The second kappa shape index (κ2) is 8.27. The molecule has 0 fully saturated rings. The van der Waals surface area contributed by atoms with Gasteiger partial charge in [-0.05, 0) is 32.1 Å². The molecule has 110 valence electrons. The van der Waals surface area contributed by atoms with E-state index in [9.17, 15) is 9.59 Å². The fourth-order valence-electron chi connectivity index (χ4n) is 1.71. The average Bonchev–Trinajstić information content (AvgIpc) is 2.47. The Labute approximate surface area is 118 Å². The monoisotopic (exact) mass is 280 g/mol. The highest BCUT2D eigenvalue weighted by atomic mass is 16.5. The fraction of sp³-hybridized carbons (Fsp3) is 0.500. The van der Waals surface area contributed by atoms with E-state index >= 15 is 0 Å². The molecule has 0 aliphatic carbocycles. The van der Waals surface area contributed by atoms with Crippen molar-refractivity contribution in [1.29, 1.82) is 0 Å². The fourth-order valence-corrected chi connectivity index (χ4v) is 1.71. The molecule has 0 amide bonds. The summed E-state index contributed by atoms with van der Waals surface area (Å²) in [5.41, 5.74) is 1.29. The first-order chi connectivity index (χ1) is 9.56. The van der Waals surface area contributed by atoms with Gasteiger partial charge in [-0.3, -0.25) is 9.78 Å². The van der Waals surface area contributed by atoms with Crippen molar-refractivity contribution in [3.63, 3.8) is 0 Å². The van der Waals surface area contributed by atoms with Gasteiger partial charge in [0.25, 0.3) is 0 Å². The first-order valence-corrected chi connectivity index (χ1v) is 6.35. The minimum Gasteiger partial charge on any atom is -0.469 e. The van der Waals surface area contributed by atoms with E-state index < -0.39 is 5.97 Å². The summed E-state index contributed by atoms with van der Waals surface area (Å²) in [4.78, 5) is 28.5. The molecular weight excluding hydrogens is 260 g/mol. The lowest BCUT2D eigenvalue weighted by molar-refractivity contribution is -0.140. The van der Waals surface area contributed by atoms with E-state index in [1.807, 2.05) is 7.05 Å². The Hall–Kier alpha value is -1.95. The highest BCUT2D eigenvalue weighted by Gasteiger charge is 2.07. The molecule has 1 heterocycles. The van der Waals surface area contributed by atoms with E-state index in [4.69, 9.17) is 0 Å². The van der Waals surface area contributed by atoms with Crippen LogP contribution in [0.5, 0.6) is 0 Å². The Kier molecular flexibility index (Phi) is 6.66. The molecule has 6 heteroatoms. The number of hydrogen-bond acceptors (Lipinski definition) is 6. The van der Waals surface area contributed by atoms with E-state index in [2.05, 4.69) is 19.4 Å². The van der Waals surface area contributed by atoms with Gasteiger partial charge >= 0.3 is 11.9 Å². The average molecular weight is 280 g/mol. The maximum absolute atomic E-state index is 11.3. The van der Waals surface area contributed by atoms with Crippen LogP contribution in [0.15, 0.2) is 18.3 Å². The summed E-state index contributed by atoms with van der Waals surface area (Å²) >= 11 is 0. The van der Waals surface area contributed by atoms with Crippen LogP contribution in [0.3, 0.4) is 0 Å². The summed E-state index contributed by atoms with van der Waals surface area (Å²) in [6.07, 6.45) is 2.66. The van der Waals surface area contributed by atoms with Crippen LogP contribution in [0.1, 0.15) is 28.9 Å². The number of rotatable bonds is 7. The Morgan fingerprint density at radius 1 is 1.25 bits per heavy atom. The van der Waals surface area contributed by atoms with Gasteiger partial charge in [-0.2, -0.15) is 0 Å². The number of ether oxygens (including phenoxy) is 2. The van der Waals surface area contributed by atoms with Crippen molar-refractivity contribution in [3.05, 3.63) is 29.6 Å². The molecular formula is C14H20N2O4. The quantitative estimate of drug-likeness (QED) is 0.700. The van der Waals surface area contributed by atoms with Gasteiger partial charge < -0.3 is 14.4 Å². The highest BCUT2D eigenvalue weighted by Crippen LogP contribution is 2.05. The third-order valence-corrected chi connectivity index (χ3v) is 2.83. The molecule has 20 heavy (non-hydrogen) atoms. The van der Waals surface area contributed by atoms with Crippen molar-refractivity contribution in [2.24, 2.45) is 0 Å². The Morgan fingerprint density at radius 2 is 2.00 bits per heavy atom. The normalized spacial score (nSPS) is 10.4. The summed E-state index contributed by atoms with van der Waals surface area (Å²) in [5.74, 6) is -0.588. The second-order valence-corrected chi connectivity index (χ2v) is 4.45. The first kappa shape index (κ1) is 16.1. The maximum Gasteiger partial charge on any atom is 0.339 e. The van der Waals surface area contributed by atoms with Crippen molar-refractivity contribution in [2.75, 3.05) is 27.8 Å². The van der Waals surface area contributed by atoms with Crippen molar-refractivity contribution in [1.82, 2.24) is 9.88 Å². The molecule has 0 aliphatic rings. The van der Waals surface area contributed by atoms with Crippen molar-refractivity contribution >= 4 is 11.9 Å². The number of aromatic nitrogens is 1. The molecule has 0 aromatic carbocycles. The van der Waals surface area contributed by atoms with Crippen LogP contribution in [-0.2, 0) is 20.8 Å². The van der Waals surface area contributed by atoms with Crippen molar-refractivity contribution < 1.29 is 19.1 Å². The van der Waals surface area contributed by atoms with Gasteiger partial charge in [0.1, 0.15) is 0 Å². The van der Waals surface area contributed by atoms with E-state index in [1.54, 1.807) is 12.1 Å². The largest absolute Gasteiger partial charge is 0.469 e. The number of hydrogen-bond donors (Lipinski definition) is 0. The molecule has 0 bridgehead atoms. The predicted molar refractivity (Wildman–Crippen MR) is 73.2 cm³/mol. The van der Waals surface area contributed by atoms with Gasteiger partial charge in [0.2, 0.25) is 0 Å². The molecule has 0 spiro atoms. The Morgan fingerprint density at radius 3 is 2.55 bits per heavy atom. The van der Waals surface area contributed by atoms with E-state index in [0.717, 1.165) is 18.7 Å². The summed E-state index contributed by atoms with van der Waals surface area (Å²) in [6.45, 7) is 1.43. The molecule has 0 N–H and O–H groups in total. The minimum atomic E-state index is -0.393. The predicted octanol–water partition coefficient (Wildman–Crippen LogP) is 1.25. The summed E-state index contributed by atoms with van der Waals surface area (Å²) in [5, 5.41) is 0. The topological polar surface area (TPSA) is 68.7 Å². The Balaban J connectivity index is 2.40. The standard InChI is InChI=1S/C14H20N2O4/c1-16(8-4-5-13(17)19-2)10-12-7-6-11(9-15-12)14(18)20-3/h6-7,9H,4-5,8,10H2,1-3H3. The lowest BCUT2D eigenvalue weighted by Gasteiger charge is -2.15. The van der Waals surface area contributed by atoms with Crippen LogP contribution >= 0.6 is 0 Å². The smallest absolute Gasteiger partial charge is 0.339 e. The molecule has 1 aromatic heterocycles. The number of carbonyl (C=O) groups is 2. The highest BCUT2D eigenvalue weighted by molar-refractivity contribution is 5.88. The number of pyridine rings is 1. The zero-order chi connectivity index (χ0) is 15.0. The number of carbonyl (C=O) groups excluding carboxylic acids is 2. The van der Waals surface area contributed by atoms with Crippen LogP contribution in [0, 0.1) is 0 Å². The number of nitrogens with zero attached hydrogens (tertiary/aromatic N) is 2. The van der Waals surface area contributed by atoms with E-state index in [-0.39, 0.29) is 5.97 Å². The zero-order valence-corrected chi connectivity index (χ0v) is 12.1. The second-order valence-electron chi connectivity index (χ2n) is 4.45. The molecule has 0 saturated carbocycles. The third kappa shape index (κ3) is 5.36. The van der Waals surface area contributed by atoms with Gasteiger partial charge in [-0.15, -0.1) is 0 Å². The van der Waals surface area contributed by atoms with Gasteiger partial charge in [0, 0.05) is 19.2 Å². The van der Waals surface area contributed by atoms with Crippen LogP contribution in [0.2, 0.25) is 0 Å². The minimum absolute atomic E-state index is 0.195. The molecule has 1 aromatic rings. The van der Waals surface area contributed by atoms with Gasteiger partial charge in [-0.25, -0.2) is 4.79 Å². The molecule has 0 atom stereocenters. The molecule has 0 aliphatic heterocycles. The first-order valence-electron chi connectivity index (χ1n) is 6.35. The number of esters is 2. The lowest BCUT2D eigenvalue weighted by atomic mass is 10.2. The maximum atomic E-state index is 11.3. The van der Waals surface area contributed by atoms with Crippen LogP contribution in [0.25, 0.3) is 0 Å². The van der Waals surface area contributed by atoms with Crippen molar-refractivity contribution in [3.8, 4) is 0 Å². The summed E-state index contributed by atoms with van der Waals surface area (Å²) in [6, 6.07) is 3.49. The third-order valence-electron chi connectivity index (χ3n) is 2.83. The number of methoxy groups -OCH3 is 2. The summed E-state index contributed by atoms with van der Waals surface area (Å²) < 4.78 is 9.19. The molecule has 0 unspecified atom stereocenters. The van der Waals surface area contributed by atoms with E-state index in [1.165, 1.54) is 20.4 Å². The molecule has 6 nitrogen and oxygen atoms in total. The van der Waals surface area contributed by atoms with Gasteiger partial charge in [0.05, 0.1) is 25.5 Å². The summed E-state index contributed by atoms with van der Waals surface area (Å²) in [7, 11) is 4.68. The van der Waals surface area contributed by atoms with E-state index in [0.29, 0.717) is 18.5 Å². The molecule has 0 radical (unpaired) electrons. The van der Waals surface area contributed by atoms with Crippen molar-refractivity contribution in [2.45, 2.75) is 19.4 Å². The van der Waals surface area contributed by atoms with Crippen LogP contribution in [-0.4, -0.2) is 49.6 Å². The Bertz CT molecular complexity index is 445. The van der Waals surface area contributed by atoms with Crippen LogP contribution < -0.4 is 0 Å². The molecule has 0 saturated heterocycles. The zero-order valence-electron chi connectivity index (χ0n) is 12.1. The SMILES string of the molecule is COC(=O)CCCN(C)Cc1ccc(C(=O)OC)cn1. The van der Waals surface area contributed by atoms with Gasteiger partial charge in [-0.1, -0.05) is 0 Å². The van der Waals surface area contributed by atoms with Crippen LogP contribution in [0.4, 0.5) is 0 Å². The van der Waals surface area contributed by atoms with Gasteiger partial charge in [0.15, 0.2) is 0 Å². The lowest BCUT2D eigenvalue weighted by Crippen LogP contribution is -2.20. The molecule has 1 rings (SSSR count).